The number of aryl methyl sites for hydroxylation is 2. The van der Waals surface area contributed by atoms with Gasteiger partial charge in [0.25, 0.3) is 0 Å². The summed E-state index contributed by atoms with van der Waals surface area (Å²) in [6.45, 7) is 2.50. The first-order valence-electron chi connectivity index (χ1n) is 6.10. The Morgan fingerprint density at radius 1 is 1.32 bits per heavy atom. The van der Waals surface area contributed by atoms with Crippen molar-refractivity contribution in [3.05, 3.63) is 46.7 Å². The summed E-state index contributed by atoms with van der Waals surface area (Å²) in [6, 6.07) is 5.83. The highest BCUT2D eigenvalue weighted by atomic mass is 79.9. The number of ketones is 1. The molecule has 0 saturated heterocycles. The van der Waals surface area contributed by atoms with Crippen LogP contribution in [0.25, 0.3) is 0 Å². The fourth-order valence-corrected chi connectivity index (χ4v) is 2.66. The van der Waals surface area contributed by atoms with Gasteiger partial charge in [-0.1, -0.05) is 6.07 Å². The minimum atomic E-state index is 0. The summed E-state index contributed by atoms with van der Waals surface area (Å²) in [4.78, 5) is 17.3. The monoisotopic (exact) mass is 340 g/mol. The van der Waals surface area contributed by atoms with Gasteiger partial charge < -0.3 is 17.0 Å². The van der Waals surface area contributed by atoms with Crippen molar-refractivity contribution >= 4 is 17.1 Å². The zero-order valence-electron chi connectivity index (χ0n) is 10.9. The molecule has 2 rings (SSSR count). The SMILES string of the molecule is Cc1ncsc1CCCC(=O)C[n+]1ccccc1.[Br-]. The largest absolute Gasteiger partial charge is 1.00 e. The Labute approximate surface area is 128 Å². The summed E-state index contributed by atoms with van der Waals surface area (Å²) >= 11 is 1.68. The Morgan fingerprint density at radius 3 is 2.68 bits per heavy atom. The van der Waals surface area contributed by atoms with Crippen LogP contribution in [0, 0.1) is 6.92 Å². The van der Waals surface area contributed by atoms with Gasteiger partial charge in [0.15, 0.2) is 18.2 Å². The van der Waals surface area contributed by atoms with Crippen LogP contribution < -0.4 is 21.5 Å². The minimum Gasteiger partial charge on any atom is -1.00 e. The molecule has 102 valence electrons. The van der Waals surface area contributed by atoms with Crippen molar-refractivity contribution in [2.45, 2.75) is 32.7 Å². The molecular weight excluding hydrogens is 324 g/mol. The van der Waals surface area contributed by atoms with Crippen LogP contribution in [0.5, 0.6) is 0 Å². The van der Waals surface area contributed by atoms with E-state index in [1.54, 1.807) is 11.3 Å². The maximum atomic E-state index is 11.8. The second-order valence-corrected chi connectivity index (χ2v) is 5.24. The quantitative estimate of drug-likeness (QED) is 0.654. The fourth-order valence-electron chi connectivity index (χ4n) is 1.83. The summed E-state index contributed by atoms with van der Waals surface area (Å²) in [5.41, 5.74) is 2.97. The zero-order chi connectivity index (χ0) is 12.8. The molecule has 0 aliphatic carbocycles. The van der Waals surface area contributed by atoms with E-state index in [0.29, 0.717) is 13.0 Å². The lowest BCUT2D eigenvalue weighted by atomic mass is 10.1. The minimum absolute atomic E-state index is 0. The molecule has 0 N–H and O–H groups in total. The number of rotatable bonds is 6. The number of halogens is 1. The van der Waals surface area contributed by atoms with Crippen LogP contribution in [0.3, 0.4) is 0 Å². The molecule has 2 aromatic rings. The van der Waals surface area contributed by atoms with Gasteiger partial charge in [0, 0.05) is 23.4 Å². The predicted molar refractivity (Wildman–Crippen MR) is 71.4 cm³/mol. The van der Waals surface area contributed by atoms with E-state index in [9.17, 15) is 4.79 Å². The third-order valence-corrected chi connectivity index (χ3v) is 3.84. The van der Waals surface area contributed by atoms with Gasteiger partial charge in [0.2, 0.25) is 6.54 Å². The van der Waals surface area contributed by atoms with E-state index < -0.39 is 0 Å². The van der Waals surface area contributed by atoms with Gasteiger partial charge in [-0.15, -0.1) is 11.3 Å². The number of hydrogen-bond acceptors (Lipinski definition) is 3. The van der Waals surface area contributed by atoms with Crippen molar-refractivity contribution in [1.82, 2.24) is 4.98 Å². The molecule has 2 aromatic heterocycles. The van der Waals surface area contributed by atoms with Crippen LogP contribution in [-0.4, -0.2) is 10.8 Å². The summed E-state index contributed by atoms with van der Waals surface area (Å²) < 4.78 is 1.92. The summed E-state index contributed by atoms with van der Waals surface area (Å²) in [5, 5.41) is 0. The third kappa shape index (κ3) is 5.20. The third-order valence-electron chi connectivity index (χ3n) is 2.84. The Kier molecular flexibility index (Phi) is 6.87. The molecule has 0 bridgehead atoms. The Hall–Kier alpha value is -1.07. The zero-order valence-corrected chi connectivity index (χ0v) is 13.3. The predicted octanol–water partition coefficient (Wildman–Crippen LogP) is -0.665. The van der Waals surface area contributed by atoms with Gasteiger partial charge in [-0.25, -0.2) is 4.98 Å². The highest BCUT2D eigenvalue weighted by Gasteiger charge is 2.09. The molecule has 0 aliphatic rings. The number of Topliss-reactive ketones (excluding diaryl/α,β-unsaturated/α-hetero) is 1. The Bertz CT molecular complexity index is 513. The van der Waals surface area contributed by atoms with Crippen LogP contribution in [-0.2, 0) is 17.8 Å². The van der Waals surface area contributed by atoms with Gasteiger partial charge in [0.1, 0.15) is 0 Å². The molecule has 0 amide bonds. The number of aromatic nitrogens is 2. The fraction of sp³-hybridized carbons (Fsp3) is 0.357. The number of nitrogens with zero attached hydrogens (tertiary/aromatic N) is 2. The Balaban J connectivity index is 0.00000180. The number of hydrogen-bond donors (Lipinski definition) is 0. The topological polar surface area (TPSA) is 33.8 Å². The van der Waals surface area contributed by atoms with Crippen molar-refractivity contribution in [1.29, 1.82) is 0 Å². The molecule has 0 saturated carbocycles. The van der Waals surface area contributed by atoms with Crippen molar-refractivity contribution < 1.29 is 26.3 Å². The van der Waals surface area contributed by atoms with Crippen LogP contribution in [0.15, 0.2) is 36.1 Å². The van der Waals surface area contributed by atoms with Crippen molar-refractivity contribution in [3.8, 4) is 0 Å². The molecule has 19 heavy (non-hydrogen) atoms. The molecule has 0 aromatic carbocycles. The first-order chi connectivity index (χ1) is 8.75. The summed E-state index contributed by atoms with van der Waals surface area (Å²) in [5.74, 6) is 0.286. The second-order valence-electron chi connectivity index (χ2n) is 4.30. The number of thiazole rings is 1. The van der Waals surface area contributed by atoms with Crippen LogP contribution in [0.4, 0.5) is 0 Å². The highest BCUT2D eigenvalue weighted by molar-refractivity contribution is 7.09. The normalized spacial score (nSPS) is 9.95. The van der Waals surface area contributed by atoms with Crippen molar-refractivity contribution in [2.24, 2.45) is 0 Å². The van der Waals surface area contributed by atoms with Gasteiger partial charge in [-0.05, 0) is 19.8 Å². The first-order valence-corrected chi connectivity index (χ1v) is 6.98. The lowest BCUT2D eigenvalue weighted by molar-refractivity contribution is -0.684. The van der Waals surface area contributed by atoms with E-state index in [2.05, 4.69) is 4.98 Å². The molecular formula is C14H17BrN2OS. The van der Waals surface area contributed by atoms with E-state index in [1.807, 2.05) is 47.6 Å². The van der Waals surface area contributed by atoms with E-state index in [-0.39, 0.29) is 22.8 Å². The lowest BCUT2D eigenvalue weighted by Crippen LogP contribution is -3.00. The van der Waals surface area contributed by atoms with Crippen LogP contribution >= 0.6 is 11.3 Å². The molecule has 3 nitrogen and oxygen atoms in total. The van der Waals surface area contributed by atoms with Crippen LogP contribution in [0.2, 0.25) is 0 Å². The molecule has 5 heteroatoms. The molecule has 2 heterocycles. The first kappa shape index (κ1) is 16.0. The summed E-state index contributed by atoms with van der Waals surface area (Å²) in [6.07, 6.45) is 6.35. The molecule has 0 radical (unpaired) electrons. The van der Waals surface area contributed by atoms with Crippen molar-refractivity contribution in [3.63, 3.8) is 0 Å². The van der Waals surface area contributed by atoms with E-state index in [4.69, 9.17) is 0 Å². The van der Waals surface area contributed by atoms with Gasteiger partial charge in [-0.2, -0.15) is 4.57 Å². The summed E-state index contributed by atoms with van der Waals surface area (Å²) in [7, 11) is 0. The average Bonchev–Trinajstić information content (AvgIpc) is 2.76. The van der Waals surface area contributed by atoms with Gasteiger partial charge in [-0.3, -0.25) is 4.79 Å². The Morgan fingerprint density at radius 2 is 2.05 bits per heavy atom. The maximum Gasteiger partial charge on any atom is 0.206 e. The average molecular weight is 341 g/mol. The van der Waals surface area contributed by atoms with E-state index in [0.717, 1.165) is 18.5 Å². The smallest absolute Gasteiger partial charge is 0.206 e. The number of carbonyl (C=O) groups excluding carboxylic acids is 1. The van der Waals surface area contributed by atoms with Gasteiger partial charge >= 0.3 is 0 Å². The molecule has 0 unspecified atom stereocenters. The van der Waals surface area contributed by atoms with Gasteiger partial charge in [0.05, 0.1) is 11.2 Å². The number of carbonyl (C=O) groups is 1. The van der Waals surface area contributed by atoms with Crippen molar-refractivity contribution in [2.75, 3.05) is 0 Å². The molecule has 0 spiro atoms. The maximum absolute atomic E-state index is 11.8. The van der Waals surface area contributed by atoms with Crippen LogP contribution in [0.1, 0.15) is 23.4 Å². The standard InChI is InChI=1S/C14H17N2OS.BrH/c1-12-14(18-11-15-12)7-5-6-13(17)10-16-8-3-2-4-9-16;/h2-4,8-9,11H,5-7,10H2,1H3;1H/q+1;/p-1. The molecule has 0 aliphatic heterocycles. The lowest BCUT2D eigenvalue weighted by Gasteiger charge is -1.98. The molecule has 0 atom stereocenters. The highest BCUT2D eigenvalue weighted by Crippen LogP contribution is 2.15. The van der Waals surface area contributed by atoms with E-state index in [1.165, 1.54) is 4.88 Å². The van der Waals surface area contributed by atoms with E-state index >= 15 is 0 Å². The second kappa shape index (κ2) is 8.17. The number of pyridine rings is 1. The molecule has 0 fully saturated rings.